The number of sulfonamides is 1. The number of anilines is 2. The Labute approximate surface area is 111 Å². The highest BCUT2D eigenvalue weighted by atomic mass is 32.2. The maximum atomic E-state index is 12.2. The number of nitrogens with two attached hydrogens (primary N) is 1. The van der Waals surface area contributed by atoms with E-state index in [0.29, 0.717) is 18.8 Å². The van der Waals surface area contributed by atoms with Crippen molar-refractivity contribution < 1.29 is 8.42 Å². The van der Waals surface area contributed by atoms with Crippen LogP contribution in [0.15, 0.2) is 17.3 Å². The van der Waals surface area contributed by atoms with Crippen LogP contribution in [0.25, 0.3) is 0 Å². The predicted octanol–water partition coefficient (Wildman–Crippen LogP) is 0.571. The summed E-state index contributed by atoms with van der Waals surface area (Å²) in [5.41, 5.74) is 6.41. The third-order valence-corrected chi connectivity index (χ3v) is 4.07. The fraction of sp³-hybridized carbons (Fsp3) is 0.400. The first-order valence-corrected chi connectivity index (χ1v) is 7.34. The summed E-state index contributed by atoms with van der Waals surface area (Å²) in [5.74, 6) is 0.332. The largest absolute Gasteiger partial charge is 0.381 e. The van der Waals surface area contributed by atoms with Crippen molar-refractivity contribution in [1.29, 1.82) is 0 Å². The Balaban J connectivity index is 2.35. The van der Waals surface area contributed by atoms with Crippen molar-refractivity contribution in [3.05, 3.63) is 18.0 Å². The van der Waals surface area contributed by atoms with E-state index in [2.05, 4.69) is 20.0 Å². The maximum Gasteiger partial charge on any atom is 0.268 e. The Bertz CT molecular complexity index is 672. The van der Waals surface area contributed by atoms with E-state index in [1.165, 1.54) is 10.9 Å². The molecule has 8 nitrogen and oxygen atoms in total. The average Bonchev–Trinajstić information content (AvgIpc) is 2.95. The van der Waals surface area contributed by atoms with Gasteiger partial charge in [-0.05, 0) is 13.3 Å². The molecular weight excluding hydrogens is 268 g/mol. The zero-order valence-corrected chi connectivity index (χ0v) is 11.5. The Morgan fingerprint density at radius 2 is 2.21 bits per heavy atom. The van der Waals surface area contributed by atoms with E-state index in [4.69, 9.17) is 5.73 Å². The summed E-state index contributed by atoms with van der Waals surface area (Å²) >= 11 is 0. The summed E-state index contributed by atoms with van der Waals surface area (Å²) in [6, 6.07) is 0. The fourth-order valence-corrected chi connectivity index (χ4v) is 2.78. The molecule has 0 saturated heterocycles. The lowest BCUT2D eigenvalue weighted by Crippen LogP contribution is -2.15. The molecule has 19 heavy (non-hydrogen) atoms. The molecule has 0 saturated carbocycles. The van der Waals surface area contributed by atoms with Gasteiger partial charge >= 0.3 is 0 Å². The van der Waals surface area contributed by atoms with Gasteiger partial charge in [0.1, 0.15) is 10.7 Å². The molecule has 0 amide bonds. The van der Waals surface area contributed by atoms with E-state index in [1.54, 1.807) is 6.20 Å². The third kappa shape index (κ3) is 2.55. The van der Waals surface area contributed by atoms with Crippen LogP contribution in [0.5, 0.6) is 0 Å². The fourth-order valence-electron chi connectivity index (χ4n) is 1.64. The van der Waals surface area contributed by atoms with Crippen LogP contribution in [-0.4, -0.2) is 28.4 Å². The van der Waals surface area contributed by atoms with Crippen LogP contribution in [0.1, 0.15) is 19.4 Å². The molecule has 2 aromatic rings. The molecule has 9 heteroatoms. The van der Waals surface area contributed by atoms with Gasteiger partial charge in [-0.15, -0.1) is 0 Å². The number of aromatic nitrogens is 4. The number of nitrogens with zero attached hydrogens (tertiary/aromatic N) is 3. The van der Waals surface area contributed by atoms with Crippen LogP contribution in [0.4, 0.5) is 11.6 Å². The average molecular weight is 284 g/mol. The Kier molecular flexibility index (Phi) is 3.47. The molecule has 0 aliphatic heterocycles. The van der Waals surface area contributed by atoms with Crippen LogP contribution in [0, 0.1) is 0 Å². The molecule has 0 bridgehead atoms. The number of hydrogen-bond acceptors (Lipinski definition) is 5. The molecule has 0 radical (unpaired) electrons. The van der Waals surface area contributed by atoms with E-state index in [1.807, 2.05) is 13.8 Å². The highest BCUT2D eigenvalue weighted by molar-refractivity contribution is 7.92. The summed E-state index contributed by atoms with van der Waals surface area (Å²) in [5, 5.41) is 10.3. The smallest absolute Gasteiger partial charge is 0.268 e. The van der Waals surface area contributed by atoms with E-state index in [-0.39, 0.29) is 10.7 Å². The number of nitrogen functional groups attached to an aromatic ring is 1. The van der Waals surface area contributed by atoms with Gasteiger partial charge in [0, 0.05) is 18.3 Å². The van der Waals surface area contributed by atoms with E-state index >= 15 is 0 Å². The van der Waals surface area contributed by atoms with Crippen molar-refractivity contribution in [2.45, 2.75) is 31.7 Å². The van der Waals surface area contributed by atoms with Crippen LogP contribution in [0.2, 0.25) is 0 Å². The monoisotopic (exact) mass is 284 g/mol. The number of aromatic amines is 1. The first kappa shape index (κ1) is 13.4. The summed E-state index contributed by atoms with van der Waals surface area (Å²) in [6.07, 6.45) is 3.65. The van der Waals surface area contributed by atoms with Crippen LogP contribution in [0.3, 0.4) is 0 Å². The summed E-state index contributed by atoms with van der Waals surface area (Å²) in [4.78, 5) is -0.0361. The van der Waals surface area contributed by atoms with Gasteiger partial charge in [-0.2, -0.15) is 10.2 Å². The minimum atomic E-state index is -3.77. The molecule has 0 aliphatic carbocycles. The molecule has 104 valence electrons. The molecule has 0 unspecified atom stereocenters. The van der Waals surface area contributed by atoms with Gasteiger partial charge < -0.3 is 5.73 Å². The highest BCUT2D eigenvalue weighted by Gasteiger charge is 2.22. The summed E-state index contributed by atoms with van der Waals surface area (Å²) in [6.45, 7) is 4.30. The zero-order valence-electron chi connectivity index (χ0n) is 10.7. The third-order valence-electron chi connectivity index (χ3n) is 2.70. The second-order valence-electron chi connectivity index (χ2n) is 3.96. The minimum Gasteiger partial charge on any atom is -0.381 e. The number of hydrogen-bond donors (Lipinski definition) is 3. The summed E-state index contributed by atoms with van der Waals surface area (Å²) in [7, 11) is -3.77. The standard InChI is InChI=1S/C10H16N6O2S/c1-3-7-5-12-13-10(7)15-19(17,18)8-6-16(4-2)14-9(8)11/h5-6H,3-4H2,1-2H3,(H2,11,14)(H2,12,13,15). The molecule has 4 N–H and O–H groups in total. The molecular formula is C10H16N6O2S. The van der Waals surface area contributed by atoms with Gasteiger partial charge in [0.2, 0.25) is 0 Å². The van der Waals surface area contributed by atoms with E-state index in [0.717, 1.165) is 5.56 Å². The van der Waals surface area contributed by atoms with Crippen LogP contribution < -0.4 is 10.5 Å². The molecule has 2 rings (SSSR count). The van der Waals surface area contributed by atoms with E-state index < -0.39 is 10.0 Å². The topological polar surface area (TPSA) is 119 Å². The van der Waals surface area contributed by atoms with Crippen molar-refractivity contribution in [1.82, 2.24) is 20.0 Å². The van der Waals surface area contributed by atoms with Crippen molar-refractivity contribution in [2.24, 2.45) is 0 Å². The second-order valence-corrected chi connectivity index (χ2v) is 5.61. The SMILES string of the molecule is CCc1cn[nH]c1NS(=O)(=O)c1cn(CC)nc1N. The van der Waals surface area contributed by atoms with Gasteiger partial charge in [-0.3, -0.25) is 14.5 Å². The van der Waals surface area contributed by atoms with Gasteiger partial charge in [0.15, 0.2) is 5.82 Å². The first-order valence-electron chi connectivity index (χ1n) is 5.86. The van der Waals surface area contributed by atoms with Crippen LogP contribution in [-0.2, 0) is 23.0 Å². The maximum absolute atomic E-state index is 12.2. The Morgan fingerprint density at radius 3 is 2.79 bits per heavy atom. The molecule has 0 aliphatic rings. The van der Waals surface area contributed by atoms with Gasteiger partial charge in [-0.1, -0.05) is 6.92 Å². The Hall–Kier alpha value is -2.03. The number of nitrogens with one attached hydrogen (secondary N) is 2. The lowest BCUT2D eigenvalue weighted by molar-refractivity contribution is 0.600. The minimum absolute atomic E-state index is 0.0214. The number of H-pyrrole nitrogens is 1. The second kappa shape index (κ2) is 4.92. The summed E-state index contributed by atoms with van der Waals surface area (Å²) < 4.78 is 28.4. The van der Waals surface area contributed by atoms with E-state index in [9.17, 15) is 8.42 Å². The molecule has 0 atom stereocenters. The normalized spacial score (nSPS) is 11.7. The van der Waals surface area contributed by atoms with Crippen molar-refractivity contribution in [3.63, 3.8) is 0 Å². The molecule has 2 heterocycles. The molecule has 0 spiro atoms. The lowest BCUT2D eigenvalue weighted by Gasteiger charge is -2.06. The quantitative estimate of drug-likeness (QED) is 0.741. The van der Waals surface area contributed by atoms with Crippen LogP contribution >= 0.6 is 0 Å². The van der Waals surface area contributed by atoms with Crippen molar-refractivity contribution in [2.75, 3.05) is 10.5 Å². The van der Waals surface area contributed by atoms with Crippen molar-refractivity contribution >= 4 is 21.7 Å². The predicted molar refractivity (Wildman–Crippen MR) is 71.1 cm³/mol. The first-order chi connectivity index (χ1) is 8.97. The zero-order chi connectivity index (χ0) is 14.0. The van der Waals surface area contributed by atoms with Gasteiger partial charge in [0.05, 0.1) is 6.20 Å². The Morgan fingerprint density at radius 1 is 1.47 bits per heavy atom. The molecule has 0 aromatic carbocycles. The number of rotatable bonds is 5. The number of aryl methyl sites for hydroxylation is 2. The molecule has 0 fully saturated rings. The van der Waals surface area contributed by atoms with Crippen molar-refractivity contribution in [3.8, 4) is 0 Å². The lowest BCUT2D eigenvalue weighted by atomic mass is 10.3. The van der Waals surface area contributed by atoms with Gasteiger partial charge in [0.25, 0.3) is 10.0 Å². The highest BCUT2D eigenvalue weighted by Crippen LogP contribution is 2.21. The van der Waals surface area contributed by atoms with Gasteiger partial charge in [-0.25, -0.2) is 8.42 Å². The molecule has 2 aromatic heterocycles.